The maximum atomic E-state index is 13.2. The van der Waals surface area contributed by atoms with Crippen LogP contribution in [0.3, 0.4) is 0 Å². The second-order valence-corrected chi connectivity index (χ2v) is 5.72. The monoisotopic (exact) mass is 297 g/mol. The van der Waals surface area contributed by atoms with Crippen LogP contribution >= 0.6 is 23.1 Å². The standard InChI is InChI=1S/C12H12FN3OS2/c1-7-5-19-12(15-7)16-11(17)6-18-8-2-3-10(14)9(13)4-8/h2-5H,6,14H2,1H3,(H,15,16,17). The van der Waals surface area contributed by atoms with Crippen molar-refractivity contribution in [3.05, 3.63) is 35.1 Å². The molecule has 2 aromatic rings. The van der Waals surface area contributed by atoms with Crippen LogP contribution in [0, 0.1) is 12.7 Å². The van der Waals surface area contributed by atoms with Crippen molar-refractivity contribution in [3.63, 3.8) is 0 Å². The topological polar surface area (TPSA) is 68.0 Å². The molecule has 0 atom stereocenters. The van der Waals surface area contributed by atoms with E-state index in [-0.39, 0.29) is 17.3 Å². The Balaban J connectivity index is 1.88. The third kappa shape index (κ3) is 3.93. The Kier molecular flexibility index (Phi) is 4.39. The normalized spacial score (nSPS) is 10.4. The number of aromatic nitrogens is 1. The minimum absolute atomic E-state index is 0.104. The van der Waals surface area contributed by atoms with Gasteiger partial charge in [0.05, 0.1) is 17.1 Å². The molecule has 0 unspecified atom stereocenters. The molecule has 1 amide bonds. The van der Waals surface area contributed by atoms with Gasteiger partial charge < -0.3 is 11.1 Å². The van der Waals surface area contributed by atoms with Gasteiger partial charge in [0.1, 0.15) is 5.82 Å². The number of hydrogen-bond donors (Lipinski definition) is 2. The number of benzene rings is 1. The van der Waals surface area contributed by atoms with E-state index < -0.39 is 5.82 Å². The highest BCUT2D eigenvalue weighted by atomic mass is 32.2. The van der Waals surface area contributed by atoms with E-state index >= 15 is 0 Å². The van der Waals surface area contributed by atoms with E-state index in [1.54, 1.807) is 6.07 Å². The number of nitrogens with one attached hydrogen (secondary N) is 1. The highest BCUT2D eigenvalue weighted by Gasteiger charge is 2.07. The Labute approximate surface area is 118 Å². The van der Waals surface area contributed by atoms with E-state index in [1.165, 1.54) is 35.2 Å². The molecule has 0 saturated carbocycles. The van der Waals surface area contributed by atoms with Gasteiger partial charge in [-0.3, -0.25) is 4.79 Å². The van der Waals surface area contributed by atoms with Gasteiger partial charge in [0.25, 0.3) is 0 Å². The summed E-state index contributed by atoms with van der Waals surface area (Å²) in [5.74, 6) is -0.445. The summed E-state index contributed by atoms with van der Waals surface area (Å²) >= 11 is 2.62. The number of thiazole rings is 1. The quantitative estimate of drug-likeness (QED) is 0.672. The molecule has 1 aromatic carbocycles. The average Bonchev–Trinajstić information content (AvgIpc) is 2.76. The van der Waals surface area contributed by atoms with Gasteiger partial charge in [-0.25, -0.2) is 9.37 Å². The third-order valence-electron chi connectivity index (χ3n) is 2.21. The molecular formula is C12H12FN3OS2. The molecular weight excluding hydrogens is 285 g/mol. The second kappa shape index (κ2) is 6.03. The van der Waals surface area contributed by atoms with Crippen molar-refractivity contribution in [2.24, 2.45) is 0 Å². The molecule has 0 aliphatic rings. The Hall–Kier alpha value is -1.60. The van der Waals surface area contributed by atoms with Gasteiger partial charge in [0.2, 0.25) is 5.91 Å². The van der Waals surface area contributed by atoms with Gasteiger partial charge in [-0.15, -0.1) is 23.1 Å². The second-order valence-electron chi connectivity index (χ2n) is 3.81. The molecule has 2 rings (SSSR count). The van der Waals surface area contributed by atoms with E-state index in [1.807, 2.05) is 12.3 Å². The highest BCUT2D eigenvalue weighted by Crippen LogP contribution is 2.22. The van der Waals surface area contributed by atoms with E-state index in [2.05, 4.69) is 10.3 Å². The number of anilines is 2. The van der Waals surface area contributed by atoms with Crippen molar-refractivity contribution in [2.45, 2.75) is 11.8 Å². The molecule has 1 aromatic heterocycles. The molecule has 100 valence electrons. The van der Waals surface area contributed by atoms with Crippen LogP contribution in [-0.4, -0.2) is 16.6 Å². The molecule has 0 fully saturated rings. The number of nitrogens with zero attached hydrogens (tertiary/aromatic N) is 1. The van der Waals surface area contributed by atoms with E-state index in [9.17, 15) is 9.18 Å². The maximum Gasteiger partial charge on any atom is 0.236 e. The van der Waals surface area contributed by atoms with E-state index in [0.717, 1.165) is 5.69 Å². The van der Waals surface area contributed by atoms with Crippen molar-refractivity contribution in [1.82, 2.24) is 4.98 Å². The van der Waals surface area contributed by atoms with Crippen molar-refractivity contribution in [2.75, 3.05) is 16.8 Å². The van der Waals surface area contributed by atoms with Crippen LogP contribution < -0.4 is 11.1 Å². The van der Waals surface area contributed by atoms with Crippen LogP contribution in [0.4, 0.5) is 15.2 Å². The van der Waals surface area contributed by atoms with Crippen molar-refractivity contribution >= 4 is 39.8 Å². The molecule has 0 bridgehead atoms. The van der Waals surface area contributed by atoms with E-state index in [4.69, 9.17) is 5.73 Å². The lowest BCUT2D eigenvalue weighted by atomic mass is 10.3. The molecule has 1 heterocycles. The Bertz CT molecular complexity index is 600. The summed E-state index contributed by atoms with van der Waals surface area (Å²) in [6.07, 6.45) is 0. The summed E-state index contributed by atoms with van der Waals surface area (Å²) in [5.41, 5.74) is 6.35. The first-order valence-corrected chi connectivity index (χ1v) is 7.31. The fourth-order valence-corrected chi connectivity index (χ4v) is 2.74. The number of carbonyl (C=O) groups is 1. The minimum atomic E-state index is -0.471. The molecule has 0 saturated heterocycles. The van der Waals surface area contributed by atoms with Crippen LogP contribution in [0.25, 0.3) is 0 Å². The van der Waals surface area contributed by atoms with Crippen molar-refractivity contribution in [3.8, 4) is 0 Å². The number of halogens is 1. The number of nitrogens with two attached hydrogens (primary N) is 1. The maximum absolute atomic E-state index is 13.2. The number of hydrogen-bond acceptors (Lipinski definition) is 5. The van der Waals surface area contributed by atoms with Crippen LogP contribution in [0.5, 0.6) is 0 Å². The number of aryl methyl sites for hydroxylation is 1. The highest BCUT2D eigenvalue weighted by molar-refractivity contribution is 8.00. The lowest BCUT2D eigenvalue weighted by Crippen LogP contribution is -2.13. The summed E-state index contributed by atoms with van der Waals surface area (Å²) in [5, 5.41) is 5.12. The van der Waals surface area contributed by atoms with Crippen molar-refractivity contribution < 1.29 is 9.18 Å². The SMILES string of the molecule is Cc1csc(NC(=O)CSc2ccc(N)c(F)c2)n1. The molecule has 0 aliphatic heterocycles. The summed E-state index contributed by atoms with van der Waals surface area (Å²) < 4.78 is 13.2. The first-order valence-electron chi connectivity index (χ1n) is 5.44. The van der Waals surface area contributed by atoms with Crippen LogP contribution in [0.15, 0.2) is 28.5 Å². The average molecular weight is 297 g/mol. The first-order chi connectivity index (χ1) is 9.04. The molecule has 19 heavy (non-hydrogen) atoms. The smallest absolute Gasteiger partial charge is 0.236 e. The summed E-state index contributed by atoms with van der Waals surface area (Å²) in [7, 11) is 0. The zero-order valence-corrected chi connectivity index (χ0v) is 11.8. The molecule has 4 nitrogen and oxygen atoms in total. The van der Waals surface area contributed by atoms with E-state index in [0.29, 0.717) is 10.0 Å². The largest absolute Gasteiger partial charge is 0.396 e. The minimum Gasteiger partial charge on any atom is -0.396 e. The molecule has 7 heteroatoms. The lowest BCUT2D eigenvalue weighted by Gasteiger charge is -2.03. The number of rotatable bonds is 4. The molecule has 0 radical (unpaired) electrons. The predicted octanol–water partition coefficient (Wildman–Crippen LogP) is 2.90. The van der Waals surface area contributed by atoms with Gasteiger partial charge in [0.15, 0.2) is 5.13 Å². The Morgan fingerprint density at radius 2 is 2.37 bits per heavy atom. The Morgan fingerprint density at radius 3 is 3.00 bits per heavy atom. The third-order valence-corrected chi connectivity index (χ3v) is 4.08. The van der Waals surface area contributed by atoms with Crippen molar-refractivity contribution in [1.29, 1.82) is 0 Å². The lowest BCUT2D eigenvalue weighted by molar-refractivity contribution is -0.113. The van der Waals surface area contributed by atoms with Gasteiger partial charge in [0, 0.05) is 10.3 Å². The predicted molar refractivity (Wildman–Crippen MR) is 77.0 cm³/mol. The number of carbonyl (C=O) groups excluding carboxylic acids is 1. The van der Waals surface area contributed by atoms with Gasteiger partial charge in [-0.05, 0) is 25.1 Å². The molecule has 3 N–H and O–H groups in total. The van der Waals surface area contributed by atoms with Crippen LogP contribution in [0.2, 0.25) is 0 Å². The first kappa shape index (κ1) is 13.8. The Morgan fingerprint density at radius 1 is 1.58 bits per heavy atom. The zero-order chi connectivity index (χ0) is 13.8. The molecule has 0 spiro atoms. The summed E-state index contributed by atoms with van der Waals surface area (Å²) in [6.45, 7) is 1.86. The van der Waals surface area contributed by atoms with Crippen LogP contribution in [0.1, 0.15) is 5.69 Å². The fourth-order valence-electron chi connectivity index (χ4n) is 1.31. The number of amides is 1. The van der Waals surface area contributed by atoms with Gasteiger partial charge in [-0.1, -0.05) is 0 Å². The van der Waals surface area contributed by atoms with Crippen LogP contribution in [-0.2, 0) is 4.79 Å². The number of thioether (sulfide) groups is 1. The summed E-state index contributed by atoms with van der Waals surface area (Å²) in [6, 6.07) is 4.49. The number of nitrogen functional groups attached to an aromatic ring is 1. The van der Waals surface area contributed by atoms with Gasteiger partial charge >= 0.3 is 0 Å². The fraction of sp³-hybridized carbons (Fsp3) is 0.167. The molecule has 0 aliphatic carbocycles. The summed E-state index contributed by atoms with van der Waals surface area (Å²) in [4.78, 5) is 16.5. The van der Waals surface area contributed by atoms with Gasteiger partial charge in [-0.2, -0.15) is 0 Å². The zero-order valence-electron chi connectivity index (χ0n) is 10.1.